The summed E-state index contributed by atoms with van der Waals surface area (Å²) in [6.45, 7) is 5.78. The number of hydrogen-bond acceptors (Lipinski definition) is 3. The third-order valence-corrected chi connectivity index (χ3v) is 4.77. The van der Waals surface area contributed by atoms with Crippen LogP contribution in [0.15, 0.2) is 16.6 Å². The summed E-state index contributed by atoms with van der Waals surface area (Å²) >= 11 is 3.01. The molecule has 1 aromatic rings. The molecule has 0 bridgehead atoms. The molecule has 0 radical (unpaired) electrons. The Labute approximate surface area is 131 Å². The fourth-order valence-electron chi connectivity index (χ4n) is 2.59. The number of nitrogens with zero attached hydrogens (tertiary/aromatic N) is 1. The number of Topliss-reactive ketones (excluding diaryl/α,β-unsaturated/α-hetero) is 1. The highest BCUT2D eigenvalue weighted by Crippen LogP contribution is 2.30. The molecule has 1 fully saturated rings. The number of ether oxygens (including phenoxy) is 1. The summed E-state index contributed by atoms with van der Waals surface area (Å²) in [5.74, 6) is -2.19. The minimum Gasteiger partial charge on any atom is -0.379 e. The van der Waals surface area contributed by atoms with Gasteiger partial charge in [0.25, 0.3) is 0 Å². The Kier molecular flexibility index (Phi) is 5.11. The molecule has 1 unspecified atom stereocenters. The Hall–Kier alpha value is -0.850. The SMILES string of the molecule is CCC(C)(C(=O)c1c(F)ccc(Br)c1F)N1CCOCC1. The summed E-state index contributed by atoms with van der Waals surface area (Å²) in [6.07, 6.45) is 0.469. The topological polar surface area (TPSA) is 29.5 Å². The van der Waals surface area contributed by atoms with Crippen molar-refractivity contribution in [3.63, 3.8) is 0 Å². The monoisotopic (exact) mass is 361 g/mol. The first-order valence-corrected chi connectivity index (χ1v) is 7.72. The standard InChI is InChI=1S/C15H18BrF2NO2/c1-3-15(2,19-6-8-21-9-7-19)14(20)12-11(17)5-4-10(16)13(12)18/h4-5H,3,6-9H2,1-2H3. The van der Waals surface area contributed by atoms with Gasteiger partial charge in [0.05, 0.1) is 28.8 Å². The first-order valence-electron chi connectivity index (χ1n) is 6.93. The molecule has 21 heavy (non-hydrogen) atoms. The number of morpholine rings is 1. The van der Waals surface area contributed by atoms with E-state index < -0.39 is 28.5 Å². The van der Waals surface area contributed by atoms with Crippen molar-refractivity contribution in [1.82, 2.24) is 4.90 Å². The zero-order chi connectivity index (χ0) is 15.6. The highest BCUT2D eigenvalue weighted by atomic mass is 79.9. The molecule has 0 saturated carbocycles. The molecule has 1 aromatic carbocycles. The number of hydrogen-bond donors (Lipinski definition) is 0. The van der Waals surface area contributed by atoms with Crippen LogP contribution >= 0.6 is 15.9 Å². The maximum atomic E-state index is 14.2. The Morgan fingerprint density at radius 2 is 2.00 bits per heavy atom. The molecule has 3 nitrogen and oxygen atoms in total. The zero-order valence-corrected chi connectivity index (χ0v) is 13.7. The molecule has 0 aromatic heterocycles. The molecular weight excluding hydrogens is 344 g/mol. The summed E-state index contributed by atoms with van der Waals surface area (Å²) in [7, 11) is 0. The van der Waals surface area contributed by atoms with E-state index in [-0.39, 0.29) is 4.47 Å². The highest BCUT2D eigenvalue weighted by Gasteiger charge is 2.41. The predicted octanol–water partition coefficient (Wildman–Crippen LogP) is 3.41. The van der Waals surface area contributed by atoms with Gasteiger partial charge in [-0.15, -0.1) is 0 Å². The van der Waals surface area contributed by atoms with Crippen molar-refractivity contribution < 1.29 is 18.3 Å². The maximum absolute atomic E-state index is 14.2. The number of halogens is 3. The van der Waals surface area contributed by atoms with Crippen LogP contribution in [0.3, 0.4) is 0 Å². The van der Waals surface area contributed by atoms with Crippen LogP contribution in [0.4, 0.5) is 8.78 Å². The van der Waals surface area contributed by atoms with Crippen molar-refractivity contribution in [2.24, 2.45) is 0 Å². The molecule has 1 saturated heterocycles. The van der Waals surface area contributed by atoms with Gasteiger partial charge in [-0.3, -0.25) is 9.69 Å². The number of carbonyl (C=O) groups excluding carboxylic acids is 1. The van der Waals surface area contributed by atoms with E-state index in [1.807, 2.05) is 11.8 Å². The van der Waals surface area contributed by atoms with Gasteiger partial charge in [-0.05, 0) is 41.4 Å². The van der Waals surface area contributed by atoms with Crippen LogP contribution < -0.4 is 0 Å². The smallest absolute Gasteiger partial charge is 0.188 e. The molecule has 6 heteroatoms. The van der Waals surface area contributed by atoms with Gasteiger partial charge in [0, 0.05) is 13.1 Å². The van der Waals surface area contributed by atoms with E-state index in [2.05, 4.69) is 15.9 Å². The average Bonchev–Trinajstić information content (AvgIpc) is 2.51. The van der Waals surface area contributed by atoms with Crippen LogP contribution in [0.1, 0.15) is 30.6 Å². The minimum absolute atomic E-state index is 0.0904. The van der Waals surface area contributed by atoms with Crippen molar-refractivity contribution in [3.8, 4) is 0 Å². The minimum atomic E-state index is -0.938. The summed E-state index contributed by atoms with van der Waals surface area (Å²) in [5.41, 5.74) is -1.41. The number of benzene rings is 1. The lowest BCUT2D eigenvalue weighted by Crippen LogP contribution is -2.56. The van der Waals surface area contributed by atoms with E-state index in [1.165, 1.54) is 6.07 Å². The molecule has 0 spiro atoms. The van der Waals surface area contributed by atoms with Gasteiger partial charge in [-0.1, -0.05) is 6.92 Å². The Bertz CT molecular complexity index is 547. The van der Waals surface area contributed by atoms with Gasteiger partial charge in [-0.25, -0.2) is 8.78 Å². The molecule has 1 heterocycles. The maximum Gasteiger partial charge on any atom is 0.188 e. The van der Waals surface area contributed by atoms with Crippen LogP contribution in [0.2, 0.25) is 0 Å². The average molecular weight is 362 g/mol. The van der Waals surface area contributed by atoms with Crippen LogP contribution in [-0.4, -0.2) is 42.5 Å². The second kappa shape index (κ2) is 6.50. The van der Waals surface area contributed by atoms with Gasteiger partial charge in [0.15, 0.2) is 11.6 Å². The molecule has 1 aliphatic heterocycles. The quantitative estimate of drug-likeness (QED) is 0.607. The summed E-state index contributed by atoms with van der Waals surface area (Å²) in [4.78, 5) is 14.8. The molecule has 2 rings (SSSR count). The lowest BCUT2D eigenvalue weighted by atomic mass is 9.86. The van der Waals surface area contributed by atoms with Crippen molar-refractivity contribution >= 4 is 21.7 Å². The first-order chi connectivity index (χ1) is 9.91. The van der Waals surface area contributed by atoms with Crippen molar-refractivity contribution in [2.45, 2.75) is 25.8 Å². The van der Waals surface area contributed by atoms with Crippen molar-refractivity contribution in [2.75, 3.05) is 26.3 Å². The lowest BCUT2D eigenvalue weighted by Gasteiger charge is -2.41. The van der Waals surface area contributed by atoms with E-state index in [4.69, 9.17) is 4.74 Å². The van der Waals surface area contributed by atoms with Crippen LogP contribution in [-0.2, 0) is 4.74 Å². The highest BCUT2D eigenvalue weighted by molar-refractivity contribution is 9.10. The predicted molar refractivity (Wildman–Crippen MR) is 79.5 cm³/mol. The molecule has 0 amide bonds. The summed E-state index contributed by atoms with van der Waals surface area (Å²) in [5, 5.41) is 0. The van der Waals surface area contributed by atoms with E-state index in [0.717, 1.165) is 6.07 Å². The molecule has 116 valence electrons. The third kappa shape index (κ3) is 3.03. The summed E-state index contributed by atoms with van der Waals surface area (Å²) < 4.78 is 33.6. The summed E-state index contributed by atoms with van der Waals surface area (Å²) in [6, 6.07) is 2.37. The zero-order valence-electron chi connectivity index (χ0n) is 12.1. The molecule has 1 atom stereocenters. The largest absolute Gasteiger partial charge is 0.379 e. The first kappa shape index (κ1) is 16.5. The molecule has 0 aliphatic carbocycles. The Balaban J connectivity index is 2.43. The second-order valence-corrected chi connectivity index (χ2v) is 6.13. The van der Waals surface area contributed by atoms with Gasteiger partial charge >= 0.3 is 0 Å². The number of carbonyl (C=O) groups is 1. The fourth-order valence-corrected chi connectivity index (χ4v) is 2.92. The number of ketones is 1. The fraction of sp³-hybridized carbons (Fsp3) is 0.533. The molecular formula is C15H18BrF2NO2. The number of rotatable bonds is 4. The molecule has 0 N–H and O–H groups in total. The van der Waals surface area contributed by atoms with Crippen molar-refractivity contribution in [3.05, 3.63) is 33.8 Å². The van der Waals surface area contributed by atoms with E-state index in [9.17, 15) is 13.6 Å². The van der Waals surface area contributed by atoms with E-state index >= 15 is 0 Å². The lowest BCUT2D eigenvalue weighted by molar-refractivity contribution is -0.0109. The van der Waals surface area contributed by atoms with Gasteiger partial charge in [-0.2, -0.15) is 0 Å². The van der Waals surface area contributed by atoms with Gasteiger partial charge in [0.2, 0.25) is 0 Å². The van der Waals surface area contributed by atoms with Crippen LogP contribution in [0.5, 0.6) is 0 Å². The Morgan fingerprint density at radius 1 is 1.38 bits per heavy atom. The van der Waals surface area contributed by atoms with Crippen LogP contribution in [0.25, 0.3) is 0 Å². The molecule has 1 aliphatic rings. The van der Waals surface area contributed by atoms with E-state index in [0.29, 0.717) is 32.7 Å². The normalized spacial score (nSPS) is 19.3. The van der Waals surface area contributed by atoms with Gasteiger partial charge < -0.3 is 4.74 Å². The van der Waals surface area contributed by atoms with Crippen LogP contribution in [0, 0.1) is 11.6 Å². The third-order valence-electron chi connectivity index (χ3n) is 4.16. The van der Waals surface area contributed by atoms with Gasteiger partial charge in [0.1, 0.15) is 5.82 Å². The van der Waals surface area contributed by atoms with E-state index in [1.54, 1.807) is 6.92 Å². The Morgan fingerprint density at radius 3 is 2.57 bits per heavy atom. The second-order valence-electron chi connectivity index (χ2n) is 5.27. The van der Waals surface area contributed by atoms with Crippen molar-refractivity contribution in [1.29, 1.82) is 0 Å².